The van der Waals surface area contributed by atoms with Crippen LogP contribution in [0.2, 0.25) is 0 Å². The molecule has 8 heteroatoms. The molecule has 0 saturated carbocycles. The molecule has 2 aromatic rings. The van der Waals surface area contributed by atoms with E-state index in [0.717, 1.165) is 5.56 Å². The van der Waals surface area contributed by atoms with Crippen LogP contribution in [0.3, 0.4) is 0 Å². The van der Waals surface area contributed by atoms with Gasteiger partial charge in [-0.25, -0.2) is 19.7 Å². The van der Waals surface area contributed by atoms with Crippen molar-refractivity contribution in [3.05, 3.63) is 29.8 Å². The first-order valence-electron chi connectivity index (χ1n) is 6.70. The fourth-order valence-corrected chi connectivity index (χ4v) is 1.84. The first-order chi connectivity index (χ1) is 10.4. The number of aromatic nitrogens is 3. The highest BCUT2D eigenvalue weighted by molar-refractivity contribution is 5.86. The van der Waals surface area contributed by atoms with E-state index in [0.29, 0.717) is 23.1 Å². The van der Waals surface area contributed by atoms with Crippen LogP contribution in [-0.4, -0.2) is 21.0 Å². The smallest absolute Gasteiger partial charge is 0.317 e. The molecule has 2 amide bonds. The minimum Gasteiger partial charge on any atom is -0.451 e. The van der Waals surface area contributed by atoms with Crippen molar-refractivity contribution in [1.29, 1.82) is 0 Å². The van der Waals surface area contributed by atoms with Crippen LogP contribution in [-0.2, 0) is 0 Å². The largest absolute Gasteiger partial charge is 0.451 e. The Morgan fingerprint density at radius 1 is 1.27 bits per heavy atom. The number of hydrogen-bond acceptors (Lipinski definition) is 6. The van der Waals surface area contributed by atoms with Gasteiger partial charge in [-0.15, -0.1) is 0 Å². The lowest BCUT2D eigenvalue weighted by Crippen LogP contribution is -2.20. The number of primary amides is 1. The van der Waals surface area contributed by atoms with E-state index in [2.05, 4.69) is 20.3 Å². The molecule has 0 saturated heterocycles. The molecule has 0 fully saturated rings. The van der Waals surface area contributed by atoms with Crippen LogP contribution in [0.15, 0.2) is 18.5 Å². The van der Waals surface area contributed by atoms with Crippen molar-refractivity contribution >= 4 is 17.7 Å². The number of pyridine rings is 1. The fraction of sp³-hybridized carbons (Fsp3) is 0.286. The van der Waals surface area contributed by atoms with Gasteiger partial charge in [-0.1, -0.05) is 13.8 Å². The fourth-order valence-electron chi connectivity index (χ4n) is 1.84. The quantitative estimate of drug-likeness (QED) is 0.793. The molecule has 0 aliphatic heterocycles. The molecule has 22 heavy (non-hydrogen) atoms. The van der Waals surface area contributed by atoms with Gasteiger partial charge in [-0.3, -0.25) is 5.32 Å². The van der Waals surface area contributed by atoms with E-state index < -0.39 is 6.03 Å². The summed E-state index contributed by atoms with van der Waals surface area (Å²) in [6, 6.07) is 0.883. The summed E-state index contributed by atoms with van der Waals surface area (Å²) in [6.45, 7) is 5.74. The van der Waals surface area contributed by atoms with Crippen LogP contribution >= 0.6 is 0 Å². The third-order valence-electron chi connectivity index (χ3n) is 2.89. The van der Waals surface area contributed by atoms with Crippen LogP contribution < -0.4 is 21.5 Å². The SMILES string of the molecule is Cc1ncc(Oc2cc(NC(N)=O)ncc2C(C)C)c(N)n1. The van der Waals surface area contributed by atoms with E-state index in [-0.39, 0.29) is 11.7 Å². The number of hydrogen-bond donors (Lipinski definition) is 3. The zero-order valence-electron chi connectivity index (χ0n) is 12.6. The van der Waals surface area contributed by atoms with Gasteiger partial charge in [0.25, 0.3) is 0 Å². The average molecular weight is 302 g/mol. The van der Waals surface area contributed by atoms with E-state index in [1.165, 1.54) is 6.20 Å². The van der Waals surface area contributed by atoms with Crippen molar-refractivity contribution in [2.24, 2.45) is 5.73 Å². The molecule has 0 bridgehead atoms. The number of amides is 2. The Kier molecular flexibility index (Phi) is 4.40. The molecule has 0 spiro atoms. The predicted molar refractivity (Wildman–Crippen MR) is 82.8 cm³/mol. The average Bonchev–Trinajstić information content (AvgIpc) is 2.41. The molecule has 0 aliphatic rings. The van der Waals surface area contributed by atoms with E-state index in [9.17, 15) is 4.79 Å². The van der Waals surface area contributed by atoms with Gasteiger partial charge in [0, 0.05) is 17.8 Å². The predicted octanol–water partition coefficient (Wildman–Crippen LogP) is 2.17. The zero-order valence-corrected chi connectivity index (χ0v) is 12.6. The van der Waals surface area contributed by atoms with E-state index in [4.69, 9.17) is 16.2 Å². The molecule has 0 unspecified atom stereocenters. The number of nitrogens with zero attached hydrogens (tertiary/aromatic N) is 3. The summed E-state index contributed by atoms with van der Waals surface area (Å²) in [4.78, 5) is 23.2. The van der Waals surface area contributed by atoms with Crippen LogP contribution in [0, 0.1) is 6.92 Å². The molecule has 2 heterocycles. The van der Waals surface area contributed by atoms with Crippen molar-refractivity contribution in [1.82, 2.24) is 15.0 Å². The number of aryl methyl sites for hydroxylation is 1. The standard InChI is InChI=1S/C14H18N6O2/c1-7(2)9-5-18-12(20-14(16)21)4-10(9)22-11-6-17-8(3)19-13(11)15/h4-7H,1-3H3,(H2,15,17,19)(H3,16,18,20,21). The Hall–Kier alpha value is -2.90. The minimum absolute atomic E-state index is 0.165. The highest BCUT2D eigenvalue weighted by atomic mass is 16.5. The molecular formula is C14H18N6O2. The molecule has 0 aliphatic carbocycles. The zero-order chi connectivity index (χ0) is 16.3. The Morgan fingerprint density at radius 2 is 2.00 bits per heavy atom. The summed E-state index contributed by atoms with van der Waals surface area (Å²) in [6.07, 6.45) is 3.12. The number of urea groups is 1. The number of ether oxygens (including phenoxy) is 1. The number of nitrogens with two attached hydrogens (primary N) is 2. The van der Waals surface area contributed by atoms with Gasteiger partial charge < -0.3 is 16.2 Å². The summed E-state index contributed by atoms with van der Waals surface area (Å²) in [5.41, 5.74) is 11.8. The Labute approximate surface area is 127 Å². The van der Waals surface area contributed by atoms with E-state index in [1.54, 1.807) is 19.2 Å². The van der Waals surface area contributed by atoms with Gasteiger partial charge in [-0.2, -0.15) is 0 Å². The molecule has 0 radical (unpaired) electrons. The van der Waals surface area contributed by atoms with Gasteiger partial charge in [0.1, 0.15) is 17.4 Å². The lowest BCUT2D eigenvalue weighted by molar-refractivity contribution is 0.259. The van der Waals surface area contributed by atoms with Crippen LogP contribution in [0.4, 0.5) is 16.4 Å². The Balaban J connectivity index is 2.39. The second-order valence-electron chi connectivity index (χ2n) is 5.02. The maximum absolute atomic E-state index is 10.9. The maximum atomic E-state index is 10.9. The monoisotopic (exact) mass is 302 g/mol. The molecule has 8 nitrogen and oxygen atoms in total. The van der Waals surface area contributed by atoms with Crippen molar-refractivity contribution in [2.45, 2.75) is 26.7 Å². The van der Waals surface area contributed by atoms with Crippen molar-refractivity contribution < 1.29 is 9.53 Å². The van der Waals surface area contributed by atoms with Crippen molar-refractivity contribution in [3.8, 4) is 11.5 Å². The molecule has 2 rings (SSSR count). The third-order valence-corrected chi connectivity index (χ3v) is 2.89. The number of nitrogen functional groups attached to an aromatic ring is 1. The van der Waals surface area contributed by atoms with Gasteiger partial charge in [0.15, 0.2) is 11.6 Å². The summed E-state index contributed by atoms with van der Waals surface area (Å²) in [5, 5.41) is 2.41. The summed E-state index contributed by atoms with van der Waals surface area (Å²) >= 11 is 0. The van der Waals surface area contributed by atoms with Gasteiger partial charge in [-0.05, 0) is 12.8 Å². The molecule has 0 atom stereocenters. The minimum atomic E-state index is -0.700. The number of carbonyl (C=O) groups excluding carboxylic acids is 1. The second-order valence-corrected chi connectivity index (χ2v) is 5.02. The highest BCUT2D eigenvalue weighted by Gasteiger charge is 2.14. The molecular weight excluding hydrogens is 284 g/mol. The molecule has 2 aromatic heterocycles. The summed E-state index contributed by atoms with van der Waals surface area (Å²) < 4.78 is 5.80. The number of anilines is 2. The highest BCUT2D eigenvalue weighted by Crippen LogP contribution is 2.33. The molecule has 5 N–H and O–H groups in total. The van der Waals surface area contributed by atoms with Crippen molar-refractivity contribution in [2.75, 3.05) is 11.1 Å². The topological polar surface area (TPSA) is 129 Å². The van der Waals surface area contributed by atoms with Crippen molar-refractivity contribution in [3.63, 3.8) is 0 Å². The number of rotatable bonds is 4. The first-order valence-corrected chi connectivity index (χ1v) is 6.70. The Bertz CT molecular complexity index is 702. The third kappa shape index (κ3) is 3.60. The molecule has 0 aromatic carbocycles. The lowest BCUT2D eigenvalue weighted by Gasteiger charge is -2.15. The number of nitrogens with one attached hydrogen (secondary N) is 1. The first kappa shape index (κ1) is 15.5. The van der Waals surface area contributed by atoms with E-state index >= 15 is 0 Å². The number of carbonyl (C=O) groups is 1. The van der Waals surface area contributed by atoms with Crippen LogP contribution in [0.1, 0.15) is 31.2 Å². The van der Waals surface area contributed by atoms with Gasteiger partial charge in [0.05, 0.1) is 6.20 Å². The van der Waals surface area contributed by atoms with Crippen LogP contribution in [0.5, 0.6) is 11.5 Å². The Morgan fingerprint density at radius 3 is 2.59 bits per heavy atom. The second kappa shape index (κ2) is 6.25. The summed E-state index contributed by atoms with van der Waals surface area (Å²) in [7, 11) is 0. The van der Waals surface area contributed by atoms with Gasteiger partial charge >= 0.3 is 6.03 Å². The maximum Gasteiger partial charge on any atom is 0.317 e. The normalized spacial score (nSPS) is 10.5. The molecule has 116 valence electrons. The summed E-state index contributed by atoms with van der Waals surface area (Å²) in [5.74, 6) is 2.09. The lowest BCUT2D eigenvalue weighted by atomic mass is 10.0. The van der Waals surface area contributed by atoms with Gasteiger partial charge in [0.2, 0.25) is 0 Å². The van der Waals surface area contributed by atoms with E-state index in [1.807, 2.05) is 13.8 Å². The van der Waals surface area contributed by atoms with Crippen LogP contribution in [0.25, 0.3) is 0 Å².